The lowest BCUT2D eigenvalue weighted by Gasteiger charge is -2.22. The van der Waals surface area contributed by atoms with E-state index in [9.17, 15) is 9.18 Å². The summed E-state index contributed by atoms with van der Waals surface area (Å²) < 4.78 is 18.5. The second-order valence-electron chi connectivity index (χ2n) is 4.50. The van der Waals surface area contributed by atoms with Crippen LogP contribution in [0.15, 0.2) is 18.2 Å². The predicted molar refractivity (Wildman–Crippen MR) is 66.7 cm³/mol. The summed E-state index contributed by atoms with van der Waals surface area (Å²) in [5.74, 6) is -0.379. The molecule has 0 aromatic heterocycles. The van der Waals surface area contributed by atoms with Gasteiger partial charge in [0, 0.05) is 25.3 Å². The smallest absolute Gasteiger partial charge is 0.251 e. The fourth-order valence-electron chi connectivity index (χ4n) is 1.96. The lowest BCUT2D eigenvalue weighted by atomic mass is 10.0. The summed E-state index contributed by atoms with van der Waals surface area (Å²) in [5, 5.41) is 2.81. The van der Waals surface area contributed by atoms with Gasteiger partial charge in [0.05, 0.1) is 5.69 Å². The molecule has 3 N–H and O–H groups in total. The second kappa shape index (κ2) is 5.82. The van der Waals surface area contributed by atoms with Crippen LogP contribution in [-0.4, -0.2) is 25.7 Å². The molecule has 1 aliphatic rings. The molecule has 0 bridgehead atoms. The summed E-state index contributed by atoms with van der Waals surface area (Å²) in [6.07, 6.45) is 1.91. The van der Waals surface area contributed by atoms with Gasteiger partial charge in [0.15, 0.2) is 0 Å². The number of rotatable bonds is 3. The number of nitrogen functional groups attached to an aromatic ring is 1. The van der Waals surface area contributed by atoms with Gasteiger partial charge in [-0.1, -0.05) is 0 Å². The summed E-state index contributed by atoms with van der Waals surface area (Å²) in [4.78, 5) is 11.8. The van der Waals surface area contributed by atoms with Crippen molar-refractivity contribution in [1.29, 1.82) is 0 Å². The van der Waals surface area contributed by atoms with Crippen LogP contribution in [0.2, 0.25) is 0 Å². The molecule has 0 aliphatic carbocycles. The van der Waals surface area contributed by atoms with Crippen molar-refractivity contribution in [3.8, 4) is 0 Å². The predicted octanol–water partition coefficient (Wildman–Crippen LogP) is 1.56. The van der Waals surface area contributed by atoms with Crippen molar-refractivity contribution in [3.63, 3.8) is 0 Å². The molecule has 2 rings (SSSR count). The van der Waals surface area contributed by atoms with Crippen LogP contribution in [0.25, 0.3) is 0 Å². The Labute approximate surface area is 105 Å². The zero-order valence-electron chi connectivity index (χ0n) is 10.1. The van der Waals surface area contributed by atoms with Crippen LogP contribution in [0.4, 0.5) is 10.1 Å². The van der Waals surface area contributed by atoms with Gasteiger partial charge >= 0.3 is 0 Å². The molecule has 5 heteroatoms. The quantitative estimate of drug-likeness (QED) is 0.802. The molecule has 0 spiro atoms. The summed E-state index contributed by atoms with van der Waals surface area (Å²) in [7, 11) is 0. The van der Waals surface area contributed by atoms with Crippen LogP contribution >= 0.6 is 0 Å². The monoisotopic (exact) mass is 252 g/mol. The Morgan fingerprint density at radius 2 is 2.17 bits per heavy atom. The molecule has 0 atom stereocenters. The van der Waals surface area contributed by atoms with E-state index in [1.54, 1.807) is 0 Å². The van der Waals surface area contributed by atoms with Gasteiger partial charge in [-0.15, -0.1) is 0 Å². The SMILES string of the molecule is Nc1ccc(C(=O)NCC2CCOCC2)cc1F. The van der Waals surface area contributed by atoms with E-state index >= 15 is 0 Å². The van der Waals surface area contributed by atoms with E-state index in [0.29, 0.717) is 18.0 Å². The van der Waals surface area contributed by atoms with E-state index in [0.717, 1.165) is 32.1 Å². The fourth-order valence-corrected chi connectivity index (χ4v) is 1.96. The average Bonchev–Trinajstić information content (AvgIpc) is 2.40. The van der Waals surface area contributed by atoms with Crippen molar-refractivity contribution in [2.75, 3.05) is 25.5 Å². The van der Waals surface area contributed by atoms with Crippen molar-refractivity contribution in [1.82, 2.24) is 5.32 Å². The molecule has 0 radical (unpaired) electrons. The van der Waals surface area contributed by atoms with Crippen molar-refractivity contribution in [2.24, 2.45) is 5.92 Å². The van der Waals surface area contributed by atoms with Crippen molar-refractivity contribution >= 4 is 11.6 Å². The maximum absolute atomic E-state index is 13.2. The normalized spacial score (nSPS) is 16.5. The first-order valence-corrected chi connectivity index (χ1v) is 6.08. The minimum absolute atomic E-state index is 0.0518. The zero-order valence-corrected chi connectivity index (χ0v) is 10.1. The summed E-state index contributed by atoms with van der Waals surface area (Å²) in [5.41, 5.74) is 5.71. The zero-order chi connectivity index (χ0) is 13.0. The number of ether oxygens (including phenoxy) is 1. The molecule has 1 aromatic carbocycles. The summed E-state index contributed by atoms with van der Waals surface area (Å²) in [6, 6.07) is 4.09. The van der Waals surface area contributed by atoms with Crippen LogP contribution in [0, 0.1) is 11.7 Å². The van der Waals surface area contributed by atoms with Crippen molar-refractivity contribution in [3.05, 3.63) is 29.6 Å². The molecule has 4 nitrogen and oxygen atoms in total. The van der Waals surface area contributed by atoms with Gasteiger partial charge in [-0.05, 0) is 37.0 Å². The second-order valence-corrected chi connectivity index (χ2v) is 4.50. The lowest BCUT2D eigenvalue weighted by Crippen LogP contribution is -2.32. The molecule has 1 saturated heterocycles. The first kappa shape index (κ1) is 12.8. The molecule has 0 unspecified atom stereocenters. The van der Waals surface area contributed by atoms with Gasteiger partial charge in [-0.3, -0.25) is 4.79 Å². The number of anilines is 1. The van der Waals surface area contributed by atoms with E-state index in [1.165, 1.54) is 12.1 Å². The van der Waals surface area contributed by atoms with Crippen LogP contribution < -0.4 is 11.1 Å². The highest BCUT2D eigenvalue weighted by molar-refractivity contribution is 5.94. The van der Waals surface area contributed by atoms with Gasteiger partial charge in [-0.2, -0.15) is 0 Å². The lowest BCUT2D eigenvalue weighted by molar-refractivity contribution is 0.0642. The number of carbonyl (C=O) groups is 1. The Bertz CT molecular complexity index is 431. The standard InChI is InChI=1S/C13H17FN2O2/c14-11-7-10(1-2-12(11)15)13(17)16-8-9-3-5-18-6-4-9/h1-2,7,9H,3-6,8,15H2,(H,16,17). The topological polar surface area (TPSA) is 64.4 Å². The minimum atomic E-state index is -0.561. The summed E-state index contributed by atoms with van der Waals surface area (Å²) in [6.45, 7) is 2.10. The van der Waals surface area contributed by atoms with Crippen LogP contribution in [0.3, 0.4) is 0 Å². The third-order valence-electron chi connectivity index (χ3n) is 3.15. The molecule has 1 amide bonds. The van der Waals surface area contributed by atoms with Crippen LogP contribution in [-0.2, 0) is 4.74 Å². The summed E-state index contributed by atoms with van der Waals surface area (Å²) >= 11 is 0. The number of amides is 1. The molecular weight excluding hydrogens is 235 g/mol. The Balaban J connectivity index is 1.88. The van der Waals surface area contributed by atoms with Gasteiger partial charge in [0.25, 0.3) is 5.91 Å². The van der Waals surface area contributed by atoms with Gasteiger partial charge < -0.3 is 15.8 Å². The minimum Gasteiger partial charge on any atom is -0.396 e. The highest BCUT2D eigenvalue weighted by Crippen LogP contribution is 2.14. The molecular formula is C13H17FN2O2. The third-order valence-corrected chi connectivity index (χ3v) is 3.15. The van der Waals surface area contributed by atoms with Crippen molar-refractivity contribution in [2.45, 2.75) is 12.8 Å². The average molecular weight is 252 g/mol. The van der Waals surface area contributed by atoms with E-state index in [4.69, 9.17) is 10.5 Å². The Morgan fingerprint density at radius 3 is 2.83 bits per heavy atom. The molecule has 0 saturated carbocycles. The molecule has 18 heavy (non-hydrogen) atoms. The van der Waals surface area contributed by atoms with Crippen LogP contribution in [0.1, 0.15) is 23.2 Å². The maximum Gasteiger partial charge on any atom is 0.251 e. The number of benzene rings is 1. The van der Waals surface area contributed by atoms with E-state index in [1.807, 2.05) is 0 Å². The van der Waals surface area contributed by atoms with Gasteiger partial charge in [0.1, 0.15) is 5.82 Å². The van der Waals surface area contributed by atoms with Crippen molar-refractivity contribution < 1.29 is 13.9 Å². The Hall–Kier alpha value is -1.62. The van der Waals surface area contributed by atoms with E-state index in [-0.39, 0.29) is 11.6 Å². The van der Waals surface area contributed by atoms with E-state index in [2.05, 4.69) is 5.32 Å². The number of hydrogen-bond acceptors (Lipinski definition) is 3. The highest BCUT2D eigenvalue weighted by atomic mass is 19.1. The van der Waals surface area contributed by atoms with Crippen LogP contribution in [0.5, 0.6) is 0 Å². The number of nitrogens with one attached hydrogen (secondary N) is 1. The first-order valence-electron chi connectivity index (χ1n) is 6.08. The Morgan fingerprint density at radius 1 is 1.44 bits per heavy atom. The largest absolute Gasteiger partial charge is 0.396 e. The molecule has 98 valence electrons. The number of halogens is 1. The highest BCUT2D eigenvalue weighted by Gasteiger charge is 2.15. The molecule has 1 heterocycles. The third kappa shape index (κ3) is 3.20. The maximum atomic E-state index is 13.2. The Kier molecular flexibility index (Phi) is 4.15. The van der Waals surface area contributed by atoms with Gasteiger partial charge in [-0.25, -0.2) is 4.39 Å². The molecule has 1 fully saturated rings. The number of nitrogens with two attached hydrogens (primary N) is 1. The molecule has 1 aliphatic heterocycles. The first-order chi connectivity index (χ1) is 8.66. The number of hydrogen-bond donors (Lipinski definition) is 2. The number of carbonyl (C=O) groups excluding carboxylic acids is 1. The van der Waals surface area contributed by atoms with E-state index < -0.39 is 5.82 Å². The molecule has 1 aromatic rings. The fraction of sp³-hybridized carbons (Fsp3) is 0.462. The van der Waals surface area contributed by atoms with Gasteiger partial charge in [0.2, 0.25) is 0 Å².